The molecule has 0 aromatic carbocycles. The minimum absolute atomic E-state index is 0.205. The number of carbonyl (C=O) groups is 1. The maximum atomic E-state index is 10.8. The van der Waals surface area contributed by atoms with Gasteiger partial charge in [-0.15, -0.1) is 0 Å². The third-order valence-corrected chi connectivity index (χ3v) is 8.89. The summed E-state index contributed by atoms with van der Waals surface area (Å²) in [6, 6.07) is 2.68. The quantitative estimate of drug-likeness (QED) is 0.280. The standard InChI is InChI=1S/C28H49NO2/c1-3-4-5-6-7-8-9-12-24-14-16-25(17-15-24)26-18-20-28(22-29,21-19-26)23(2)11-10-13-27(30)31/h23-26H,3-21H2,1-2H3,(H,30,31). The van der Waals surface area contributed by atoms with Gasteiger partial charge in [0.15, 0.2) is 0 Å². The van der Waals surface area contributed by atoms with Crippen molar-refractivity contribution in [1.82, 2.24) is 0 Å². The van der Waals surface area contributed by atoms with Crippen molar-refractivity contribution in [2.24, 2.45) is 29.1 Å². The lowest BCUT2D eigenvalue weighted by molar-refractivity contribution is -0.137. The predicted octanol–water partition coefficient (Wildman–Crippen LogP) is 8.52. The zero-order chi connectivity index (χ0) is 22.5. The summed E-state index contributed by atoms with van der Waals surface area (Å²) < 4.78 is 0. The van der Waals surface area contributed by atoms with Crippen molar-refractivity contribution in [1.29, 1.82) is 5.26 Å². The molecule has 1 atom stereocenters. The van der Waals surface area contributed by atoms with Gasteiger partial charge in [0.2, 0.25) is 0 Å². The molecule has 0 heterocycles. The Kier molecular flexibility index (Phi) is 12.0. The van der Waals surface area contributed by atoms with Gasteiger partial charge in [-0.1, -0.05) is 78.1 Å². The maximum Gasteiger partial charge on any atom is 0.303 e. The largest absolute Gasteiger partial charge is 0.481 e. The van der Waals surface area contributed by atoms with Crippen LogP contribution < -0.4 is 0 Å². The van der Waals surface area contributed by atoms with E-state index in [2.05, 4.69) is 19.9 Å². The normalized spacial score (nSPS) is 29.9. The summed E-state index contributed by atoms with van der Waals surface area (Å²) in [4.78, 5) is 10.8. The molecule has 0 amide bonds. The average Bonchev–Trinajstić information content (AvgIpc) is 2.78. The molecule has 0 bridgehead atoms. The molecule has 0 radical (unpaired) electrons. The van der Waals surface area contributed by atoms with E-state index in [1.807, 2.05) is 0 Å². The van der Waals surface area contributed by atoms with Gasteiger partial charge in [0, 0.05) is 6.42 Å². The molecule has 178 valence electrons. The van der Waals surface area contributed by atoms with Gasteiger partial charge >= 0.3 is 5.97 Å². The van der Waals surface area contributed by atoms with E-state index in [-0.39, 0.29) is 11.8 Å². The molecule has 2 rings (SSSR count). The Morgan fingerprint density at radius 3 is 2.10 bits per heavy atom. The second kappa shape index (κ2) is 14.2. The van der Waals surface area contributed by atoms with Crippen molar-refractivity contribution in [2.45, 2.75) is 136 Å². The first-order valence-electron chi connectivity index (χ1n) is 13.6. The van der Waals surface area contributed by atoms with Crippen molar-refractivity contribution >= 4 is 5.97 Å². The highest BCUT2D eigenvalue weighted by Gasteiger charge is 2.41. The molecule has 1 unspecified atom stereocenters. The van der Waals surface area contributed by atoms with Crippen LogP contribution in [-0.2, 0) is 4.79 Å². The Balaban J connectivity index is 1.63. The van der Waals surface area contributed by atoms with E-state index >= 15 is 0 Å². The van der Waals surface area contributed by atoms with Gasteiger partial charge in [0.1, 0.15) is 0 Å². The number of aliphatic carboxylic acids is 1. The number of rotatable bonds is 14. The Morgan fingerprint density at radius 1 is 0.935 bits per heavy atom. The lowest BCUT2D eigenvalue weighted by atomic mass is 9.60. The van der Waals surface area contributed by atoms with Crippen LogP contribution in [0.3, 0.4) is 0 Å². The van der Waals surface area contributed by atoms with E-state index in [0.29, 0.717) is 12.3 Å². The summed E-state index contributed by atoms with van der Waals surface area (Å²) in [5, 5.41) is 18.8. The summed E-state index contributed by atoms with van der Waals surface area (Å²) >= 11 is 0. The Labute approximate surface area is 192 Å². The molecule has 0 saturated heterocycles. The highest BCUT2D eigenvalue weighted by Crippen LogP contribution is 2.49. The van der Waals surface area contributed by atoms with Crippen LogP contribution in [0, 0.1) is 40.4 Å². The number of hydrogen-bond acceptors (Lipinski definition) is 2. The van der Waals surface area contributed by atoms with Crippen LogP contribution in [0.4, 0.5) is 0 Å². The monoisotopic (exact) mass is 431 g/mol. The smallest absolute Gasteiger partial charge is 0.303 e. The van der Waals surface area contributed by atoms with Crippen LogP contribution in [0.1, 0.15) is 136 Å². The predicted molar refractivity (Wildman–Crippen MR) is 129 cm³/mol. The molecule has 2 saturated carbocycles. The number of hydrogen-bond donors (Lipinski definition) is 1. The highest BCUT2D eigenvalue weighted by molar-refractivity contribution is 5.66. The van der Waals surface area contributed by atoms with Gasteiger partial charge in [0.25, 0.3) is 0 Å². The minimum atomic E-state index is -0.718. The van der Waals surface area contributed by atoms with Gasteiger partial charge in [-0.25, -0.2) is 0 Å². The topological polar surface area (TPSA) is 61.1 Å². The van der Waals surface area contributed by atoms with Crippen LogP contribution in [0.25, 0.3) is 0 Å². The summed E-state index contributed by atoms with van der Waals surface area (Å²) in [7, 11) is 0. The summed E-state index contributed by atoms with van der Waals surface area (Å²) in [6.45, 7) is 4.47. The van der Waals surface area contributed by atoms with Crippen LogP contribution >= 0.6 is 0 Å². The molecular weight excluding hydrogens is 382 g/mol. The third kappa shape index (κ3) is 8.78. The number of carboxylic acid groups (broad SMARTS) is 1. The molecule has 0 spiro atoms. The molecule has 0 aliphatic heterocycles. The maximum absolute atomic E-state index is 10.8. The number of nitrogens with zero attached hydrogens (tertiary/aromatic N) is 1. The summed E-state index contributed by atoms with van der Waals surface area (Å²) in [5.41, 5.74) is -0.205. The van der Waals surface area contributed by atoms with Crippen LogP contribution in [0.5, 0.6) is 0 Å². The van der Waals surface area contributed by atoms with E-state index in [9.17, 15) is 10.1 Å². The second-order valence-corrected chi connectivity index (χ2v) is 11.0. The second-order valence-electron chi connectivity index (χ2n) is 11.0. The molecule has 2 aliphatic carbocycles. The van der Waals surface area contributed by atoms with Gasteiger partial charge in [-0.05, 0) is 75.0 Å². The SMILES string of the molecule is CCCCCCCCCC1CCC(C2CCC(C#N)(C(C)CCCC(=O)O)CC2)CC1. The fourth-order valence-electron chi connectivity index (χ4n) is 6.52. The van der Waals surface area contributed by atoms with Crippen LogP contribution in [0.2, 0.25) is 0 Å². The first kappa shape index (κ1) is 26.2. The zero-order valence-corrected chi connectivity index (χ0v) is 20.5. The number of nitriles is 1. The highest BCUT2D eigenvalue weighted by atomic mass is 16.4. The Morgan fingerprint density at radius 2 is 1.52 bits per heavy atom. The molecular formula is C28H49NO2. The molecule has 3 nitrogen and oxygen atoms in total. The molecule has 2 aliphatic rings. The average molecular weight is 432 g/mol. The summed E-state index contributed by atoms with van der Waals surface area (Å²) in [5.74, 6) is 2.29. The molecule has 1 N–H and O–H groups in total. The summed E-state index contributed by atoms with van der Waals surface area (Å²) in [6.07, 6.45) is 23.4. The first-order chi connectivity index (χ1) is 15.0. The van der Waals surface area contributed by atoms with Crippen molar-refractivity contribution in [3.63, 3.8) is 0 Å². The van der Waals surface area contributed by atoms with E-state index in [1.165, 1.54) is 89.9 Å². The van der Waals surface area contributed by atoms with Gasteiger partial charge in [0.05, 0.1) is 11.5 Å². The van der Waals surface area contributed by atoms with E-state index in [4.69, 9.17) is 5.11 Å². The lowest BCUT2D eigenvalue weighted by Crippen LogP contribution is -2.35. The van der Waals surface area contributed by atoms with Crippen molar-refractivity contribution in [2.75, 3.05) is 0 Å². The van der Waals surface area contributed by atoms with Gasteiger partial charge in [-0.3, -0.25) is 4.79 Å². The Bertz CT molecular complexity index is 536. The molecule has 0 aromatic heterocycles. The van der Waals surface area contributed by atoms with E-state index < -0.39 is 5.97 Å². The molecule has 2 fully saturated rings. The lowest BCUT2D eigenvalue weighted by Gasteiger charge is -2.43. The van der Waals surface area contributed by atoms with Gasteiger partial charge < -0.3 is 5.11 Å². The Hall–Kier alpha value is -1.04. The minimum Gasteiger partial charge on any atom is -0.481 e. The first-order valence-corrected chi connectivity index (χ1v) is 13.6. The molecule has 31 heavy (non-hydrogen) atoms. The third-order valence-electron chi connectivity index (χ3n) is 8.89. The number of unbranched alkanes of at least 4 members (excludes halogenated alkanes) is 6. The van der Waals surface area contributed by atoms with E-state index in [0.717, 1.165) is 37.0 Å². The van der Waals surface area contributed by atoms with Crippen molar-refractivity contribution in [3.05, 3.63) is 0 Å². The molecule has 3 heteroatoms. The number of carboxylic acids is 1. The fraction of sp³-hybridized carbons (Fsp3) is 0.929. The van der Waals surface area contributed by atoms with Crippen molar-refractivity contribution < 1.29 is 9.90 Å². The van der Waals surface area contributed by atoms with Gasteiger partial charge in [-0.2, -0.15) is 5.26 Å². The zero-order valence-electron chi connectivity index (χ0n) is 20.5. The van der Waals surface area contributed by atoms with Crippen LogP contribution in [0.15, 0.2) is 0 Å². The molecule has 0 aromatic rings. The van der Waals surface area contributed by atoms with E-state index in [1.54, 1.807) is 0 Å². The van der Waals surface area contributed by atoms with Crippen LogP contribution in [-0.4, -0.2) is 11.1 Å². The van der Waals surface area contributed by atoms with Crippen molar-refractivity contribution in [3.8, 4) is 6.07 Å². The fourth-order valence-corrected chi connectivity index (χ4v) is 6.52.